The molecule has 8 heteroatoms. The third kappa shape index (κ3) is 5.66. The Balaban J connectivity index is 1.63. The number of amidine groups is 1. The number of nitrogens with one attached hydrogen (secondary N) is 1. The zero-order valence-electron chi connectivity index (χ0n) is 19.8. The molecule has 1 N–H and O–H groups in total. The third-order valence-electron chi connectivity index (χ3n) is 5.63. The smallest absolute Gasteiger partial charge is 0.387 e. The lowest BCUT2D eigenvalue weighted by molar-refractivity contribution is -0.134. The quantitative estimate of drug-likeness (QED) is 0.432. The summed E-state index contributed by atoms with van der Waals surface area (Å²) in [4.78, 5) is 31.3. The highest BCUT2D eigenvalue weighted by Crippen LogP contribution is 2.28. The minimum Gasteiger partial charge on any atom is -0.435 e. The van der Waals surface area contributed by atoms with Gasteiger partial charge in [-0.3, -0.25) is 15.0 Å². The number of rotatable bonds is 8. The molecule has 0 saturated heterocycles. The average molecular weight is 490 g/mol. The topological polar surface area (TPSA) is 71.0 Å². The number of amides is 2. The maximum absolute atomic E-state index is 13.5. The number of alkyl halides is 2. The predicted octanol–water partition coefficient (Wildman–Crippen LogP) is 5.39. The van der Waals surface area contributed by atoms with Gasteiger partial charge in [-0.05, 0) is 35.3 Å². The molecule has 0 unspecified atom stereocenters. The number of aliphatic imine (C=N–C) groups is 1. The fraction of sp³-hybridized carbons (Fsp3) is 0.179. The SMILES string of the molecule is CC(C)[C@@H](C(=O)NN1C(=O)/C(=C/c2ccccc2)N=C1c1ccccc1)c1ccc(OC(F)F)cc1. The molecule has 0 saturated carbocycles. The largest absolute Gasteiger partial charge is 0.435 e. The third-order valence-corrected chi connectivity index (χ3v) is 5.63. The van der Waals surface area contributed by atoms with E-state index in [1.54, 1.807) is 30.3 Å². The molecule has 184 valence electrons. The van der Waals surface area contributed by atoms with Crippen molar-refractivity contribution in [2.24, 2.45) is 10.9 Å². The van der Waals surface area contributed by atoms with Crippen LogP contribution in [0.2, 0.25) is 0 Å². The van der Waals surface area contributed by atoms with E-state index in [2.05, 4.69) is 15.2 Å². The van der Waals surface area contributed by atoms with Crippen LogP contribution in [-0.4, -0.2) is 29.3 Å². The van der Waals surface area contributed by atoms with Gasteiger partial charge in [0.05, 0.1) is 5.92 Å². The van der Waals surface area contributed by atoms with E-state index in [1.165, 1.54) is 12.1 Å². The number of hydrazine groups is 1. The fourth-order valence-electron chi connectivity index (χ4n) is 3.98. The zero-order chi connectivity index (χ0) is 25.7. The van der Waals surface area contributed by atoms with Crippen molar-refractivity contribution in [1.29, 1.82) is 0 Å². The number of ether oxygens (including phenoxy) is 1. The first-order valence-electron chi connectivity index (χ1n) is 11.4. The molecule has 36 heavy (non-hydrogen) atoms. The Morgan fingerprint density at radius 3 is 2.14 bits per heavy atom. The maximum Gasteiger partial charge on any atom is 0.387 e. The van der Waals surface area contributed by atoms with Crippen LogP contribution in [0.15, 0.2) is 95.6 Å². The molecule has 3 aromatic rings. The lowest BCUT2D eigenvalue weighted by Crippen LogP contribution is -2.49. The molecule has 1 atom stereocenters. The number of benzene rings is 3. The zero-order valence-corrected chi connectivity index (χ0v) is 19.8. The van der Waals surface area contributed by atoms with E-state index in [9.17, 15) is 18.4 Å². The molecular weight excluding hydrogens is 464 g/mol. The molecular formula is C28H25F2N3O3. The standard InChI is InChI=1S/C28H25F2N3O3/c1-18(2)24(20-13-15-22(16-14-20)36-28(29)30)26(34)32-33-25(21-11-7-4-8-12-21)31-23(27(33)35)17-19-9-5-3-6-10-19/h3-18,24,28H,1-2H3,(H,32,34)/b23-17-/t24-/m1/s1. The van der Waals surface area contributed by atoms with Gasteiger partial charge < -0.3 is 4.74 Å². The van der Waals surface area contributed by atoms with Crippen LogP contribution < -0.4 is 10.2 Å². The van der Waals surface area contributed by atoms with Crippen molar-refractivity contribution >= 4 is 23.7 Å². The number of nitrogens with zero attached hydrogens (tertiary/aromatic N) is 2. The van der Waals surface area contributed by atoms with Crippen molar-refractivity contribution < 1.29 is 23.1 Å². The summed E-state index contributed by atoms with van der Waals surface area (Å²) in [5, 5.41) is 1.16. The number of halogens is 2. The Labute approximate surface area is 207 Å². The second-order valence-corrected chi connectivity index (χ2v) is 8.53. The highest BCUT2D eigenvalue weighted by molar-refractivity contribution is 6.20. The van der Waals surface area contributed by atoms with Crippen LogP contribution in [0.4, 0.5) is 8.78 Å². The molecule has 2 amide bonds. The molecule has 6 nitrogen and oxygen atoms in total. The fourth-order valence-corrected chi connectivity index (χ4v) is 3.98. The van der Waals surface area contributed by atoms with E-state index in [-0.39, 0.29) is 17.4 Å². The van der Waals surface area contributed by atoms with Crippen LogP contribution >= 0.6 is 0 Å². The average Bonchev–Trinajstić information content (AvgIpc) is 3.16. The van der Waals surface area contributed by atoms with Gasteiger partial charge in [0, 0.05) is 5.56 Å². The molecule has 1 heterocycles. The van der Waals surface area contributed by atoms with Crippen molar-refractivity contribution in [3.05, 3.63) is 107 Å². The first-order valence-corrected chi connectivity index (χ1v) is 11.4. The summed E-state index contributed by atoms with van der Waals surface area (Å²) in [6.45, 7) is 0.800. The predicted molar refractivity (Wildman–Crippen MR) is 133 cm³/mol. The van der Waals surface area contributed by atoms with Crippen LogP contribution in [0.5, 0.6) is 5.75 Å². The molecule has 0 bridgehead atoms. The molecule has 0 fully saturated rings. The minimum absolute atomic E-state index is 0.000531. The van der Waals surface area contributed by atoms with Gasteiger partial charge in [-0.2, -0.15) is 13.8 Å². The van der Waals surface area contributed by atoms with Gasteiger partial charge in [-0.25, -0.2) is 4.99 Å². The van der Waals surface area contributed by atoms with E-state index >= 15 is 0 Å². The Hall–Kier alpha value is -4.33. The monoisotopic (exact) mass is 489 g/mol. The van der Waals surface area contributed by atoms with E-state index in [0.717, 1.165) is 10.6 Å². The minimum atomic E-state index is -2.94. The van der Waals surface area contributed by atoms with Crippen LogP contribution in [0, 0.1) is 5.92 Å². The number of hydrogen-bond donors (Lipinski definition) is 1. The Bertz CT molecular complexity index is 1270. The molecule has 1 aliphatic rings. The van der Waals surface area contributed by atoms with Crippen LogP contribution in [0.1, 0.15) is 36.5 Å². The maximum atomic E-state index is 13.5. The number of hydrogen-bond acceptors (Lipinski definition) is 4. The molecule has 0 radical (unpaired) electrons. The van der Waals surface area contributed by atoms with Gasteiger partial charge >= 0.3 is 6.61 Å². The van der Waals surface area contributed by atoms with Gasteiger partial charge in [0.25, 0.3) is 5.91 Å². The summed E-state index contributed by atoms with van der Waals surface area (Å²) in [6.07, 6.45) is 1.67. The normalized spacial score (nSPS) is 15.4. The first-order chi connectivity index (χ1) is 17.3. The van der Waals surface area contributed by atoms with Crippen molar-refractivity contribution in [1.82, 2.24) is 10.4 Å². The van der Waals surface area contributed by atoms with Gasteiger partial charge in [0.15, 0.2) is 5.84 Å². The summed E-state index contributed by atoms with van der Waals surface area (Å²) in [7, 11) is 0. The first kappa shape index (κ1) is 24.8. The Kier molecular flexibility index (Phi) is 7.53. The van der Waals surface area contributed by atoms with E-state index in [0.29, 0.717) is 17.0 Å². The van der Waals surface area contributed by atoms with Crippen molar-refractivity contribution in [3.63, 3.8) is 0 Å². The molecule has 0 spiro atoms. The van der Waals surface area contributed by atoms with E-state index in [4.69, 9.17) is 0 Å². The van der Waals surface area contributed by atoms with E-state index < -0.39 is 24.3 Å². The van der Waals surface area contributed by atoms with E-state index in [1.807, 2.05) is 62.4 Å². The molecule has 4 rings (SSSR count). The van der Waals surface area contributed by atoms with Crippen molar-refractivity contribution in [3.8, 4) is 5.75 Å². The second-order valence-electron chi connectivity index (χ2n) is 8.53. The van der Waals surface area contributed by atoms with Crippen molar-refractivity contribution in [2.45, 2.75) is 26.4 Å². The summed E-state index contributed by atoms with van der Waals surface area (Å²) in [5.74, 6) is -1.39. The molecule has 1 aliphatic heterocycles. The van der Waals surface area contributed by atoms with Crippen LogP contribution in [0.25, 0.3) is 6.08 Å². The lowest BCUT2D eigenvalue weighted by Gasteiger charge is -2.25. The summed E-state index contributed by atoms with van der Waals surface area (Å²) >= 11 is 0. The Morgan fingerprint density at radius 2 is 1.56 bits per heavy atom. The summed E-state index contributed by atoms with van der Waals surface area (Å²) in [5.41, 5.74) is 5.00. The molecule has 0 aliphatic carbocycles. The summed E-state index contributed by atoms with van der Waals surface area (Å²) in [6, 6.07) is 24.3. The van der Waals surface area contributed by atoms with Gasteiger partial charge in [0.2, 0.25) is 5.91 Å². The van der Waals surface area contributed by atoms with Crippen molar-refractivity contribution in [2.75, 3.05) is 0 Å². The molecule has 3 aromatic carbocycles. The van der Waals surface area contributed by atoms with Crippen LogP contribution in [0.3, 0.4) is 0 Å². The highest BCUT2D eigenvalue weighted by Gasteiger charge is 2.35. The number of carbonyl (C=O) groups is 2. The van der Waals surface area contributed by atoms with Gasteiger partial charge in [-0.15, -0.1) is 0 Å². The van der Waals surface area contributed by atoms with Gasteiger partial charge in [0.1, 0.15) is 11.4 Å². The highest BCUT2D eigenvalue weighted by atomic mass is 19.3. The van der Waals surface area contributed by atoms with Crippen LogP contribution in [-0.2, 0) is 9.59 Å². The number of carbonyl (C=O) groups excluding carboxylic acids is 2. The van der Waals surface area contributed by atoms with Gasteiger partial charge in [-0.1, -0.05) is 86.6 Å². The molecule has 0 aromatic heterocycles. The summed E-state index contributed by atoms with van der Waals surface area (Å²) < 4.78 is 29.4. The Morgan fingerprint density at radius 1 is 0.944 bits per heavy atom. The second kappa shape index (κ2) is 10.9. The lowest BCUT2D eigenvalue weighted by atomic mass is 9.88.